The van der Waals surface area contributed by atoms with E-state index in [1.165, 1.54) is 0 Å². The molecule has 1 saturated carbocycles. The van der Waals surface area contributed by atoms with Gasteiger partial charge in [0.1, 0.15) is 0 Å². The predicted molar refractivity (Wildman–Crippen MR) is 79.1 cm³/mol. The Balaban J connectivity index is 2.26. The van der Waals surface area contributed by atoms with Crippen LogP contribution in [0.5, 0.6) is 0 Å². The summed E-state index contributed by atoms with van der Waals surface area (Å²) in [5, 5.41) is 3.30. The van der Waals surface area contributed by atoms with Crippen LogP contribution in [0.3, 0.4) is 0 Å². The molecule has 2 unspecified atom stereocenters. The van der Waals surface area contributed by atoms with Crippen molar-refractivity contribution in [1.29, 1.82) is 0 Å². The minimum Gasteiger partial charge on any atom is -0.336 e. The fourth-order valence-electron chi connectivity index (χ4n) is 3.40. The third-order valence-corrected chi connectivity index (χ3v) is 8.26. The Bertz CT molecular complexity index is 798. The van der Waals surface area contributed by atoms with Crippen LogP contribution in [-0.4, -0.2) is 60.6 Å². The first kappa shape index (κ1) is 22.2. The highest BCUT2D eigenvalue weighted by molar-refractivity contribution is 8.05. The van der Waals surface area contributed by atoms with Crippen LogP contribution in [-0.2, 0) is 24.8 Å². The summed E-state index contributed by atoms with van der Waals surface area (Å²) in [5.41, 5.74) is -6.37. The van der Waals surface area contributed by atoms with Crippen molar-refractivity contribution in [3.63, 3.8) is 0 Å². The van der Waals surface area contributed by atoms with Crippen molar-refractivity contribution in [1.82, 2.24) is 8.77 Å². The number of carbonyl (C=O) groups excluding carboxylic acids is 1. The lowest BCUT2D eigenvalue weighted by Crippen LogP contribution is -2.57. The van der Waals surface area contributed by atoms with Gasteiger partial charge in [-0.1, -0.05) is 19.3 Å². The van der Waals surface area contributed by atoms with Gasteiger partial charge < -0.3 is 4.90 Å². The van der Waals surface area contributed by atoms with Gasteiger partial charge in [0.25, 0.3) is 0 Å². The Labute approximate surface area is 152 Å². The van der Waals surface area contributed by atoms with E-state index >= 15 is 0 Å². The monoisotopic (exact) mass is 444 g/mol. The molecule has 27 heavy (non-hydrogen) atoms. The van der Waals surface area contributed by atoms with Gasteiger partial charge in [0.15, 0.2) is 0 Å². The number of hydrogen-bond donors (Lipinski definition) is 1. The smallest absolute Gasteiger partial charge is 0.336 e. The molecule has 0 bridgehead atoms. The lowest BCUT2D eigenvalue weighted by Gasteiger charge is -2.42. The summed E-state index contributed by atoms with van der Waals surface area (Å²) in [5.74, 6) is -2.35. The fraction of sp³-hybridized carbons (Fsp3) is 0.917. The minimum atomic E-state index is -7.05. The van der Waals surface area contributed by atoms with Crippen molar-refractivity contribution in [2.24, 2.45) is 11.8 Å². The second-order valence-corrected chi connectivity index (χ2v) is 10.3. The second kappa shape index (κ2) is 7.08. The second-order valence-electron chi connectivity index (χ2n) is 6.49. The molecule has 1 heterocycles. The van der Waals surface area contributed by atoms with Crippen molar-refractivity contribution in [3.8, 4) is 0 Å². The van der Waals surface area contributed by atoms with Crippen LogP contribution in [0.4, 0.5) is 22.0 Å². The number of fused-ring (bicyclic) bond motifs is 1. The van der Waals surface area contributed by atoms with Gasteiger partial charge in [-0.05, 0) is 24.7 Å². The summed E-state index contributed by atoms with van der Waals surface area (Å²) < 4.78 is 108. The van der Waals surface area contributed by atoms with Gasteiger partial charge in [0.2, 0.25) is 0 Å². The summed E-state index contributed by atoms with van der Waals surface area (Å²) in [6, 6.07) is 0. The zero-order chi connectivity index (χ0) is 20.8. The summed E-state index contributed by atoms with van der Waals surface area (Å²) in [6.45, 7) is -0.464. The maximum atomic E-state index is 14.2. The van der Waals surface area contributed by atoms with E-state index in [9.17, 15) is 43.6 Å². The van der Waals surface area contributed by atoms with Gasteiger partial charge in [-0.15, -0.1) is 0 Å². The lowest BCUT2D eigenvalue weighted by atomic mass is 9.75. The Morgan fingerprint density at radius 2 is 1.44 bits per heavy atom. The van der Waals surface area contributed by atoms with Gasteiger partial charge in [-0.3, -0.25) is 10.0 Å². The fourth-order valence-corrected chi connectivity index (χ4v) is 5.69. The number of hydrogen-bond acceptors (Lipinski definition) is 6. The first-order chi connectivity index (χ1) is 12.1. The van der Waals surface area contributed by atoms with Crippen molar-refractivity contribution in [2.45, 2.75) is 42.9 Å². The Morgan fingerprint density at radius 1 is 0.926 bits per heavy atom. The molecule has 1 saturated heterocycles. The number of sulfonamides is 2. The summed E-state index contributed by atoms with van der Waals surface area (Å²) in [4.78, 5) is 12.5. The lowest BCUT2D eigenvalue weighted by molar-refractivity contribution is -0.151. The normalized spacial score (nSPS) is 25.4. The van der Waals surface area contributed by atoms with Crippen LogP contribution < -0.4 is 0 Å². The number of rotatable bonds is 4. The Kier molecular flexibility index (Phi) is 5.83. The van der Waals surface area contributed by atoms with Gasteiger partial charge in [0, 0.05) is 17.0 Å². The summed E-state index contributed by atoms with van der Waals surface area (Å²) in [7, 11) is -14.0. The van der Waals surface area contributed by atoms with Crippen LogP contribution in [0.15, 0.2) is 0 Å². The molecule has 0 aromatic heterocycles. The summed E-state index contributed by atoms with van der Waals surface area (Å²) >= 11 is 0. The number of carbonyl (C=O) groups is 1. The molecule has 2 rings (SSSR count). The highest BCUT2D eigenvalue weighted by Gasteiger charge is 2.65. The van der Waals surface area contributed by atoms with Crippen molar-refractivity contribution in [3.05, 3.63) is 0 Å². The molecular formula is C12H17F5N2O6S2. The van der Waals surface area contributed by atoms with Gasteiger partial charge in [-0.2, -0.15) is 30.4 Å². The van der Waals surface area contributed by atoms with E-state index in [4.69, 9.17) is 5.21 Å². The maximum Gasteiger partial charge on any atom is 0.514 e. The van der Waals surface area contributed by atoms with Gasteiger partial charge in [0.05, 0.1) is 0 Å². The average Bonchev–Trinajstić information content (AvgIpc) is 2.58. The van der Waals surface area contributed by atoms with Crippen LogP contribution in [0.1, 0.15) is 32.1 Å². The molecule has 2 fully saturated rings. The molecule has 8 nitrogen and oxygen atoms in total. The molecule has 0 spiro atoms. The van der Waals surface area contributed by atoms with Gasteiger partial charge >= 0.3 is 36.7 Å². The summed E-state index contributed by atoms with van der Waals surface area (Å²) in [6.07, 6.45) is 3.51. The first-order valence-corrected chi connectivity index (χ1v) is 10.7. The van der Waals surface area contributed by atoms with E-state index < -0.39 is 40.6 Å². The number of alkyl halides is 5. The molecule has 15 heteroatoms. The molecule has 0 aromatic rings. The van der Waals surface area contributed by atoms with E-state index in [1.54, 1.807) is 0 Å². The molecule has 2 atom stereocenters. The third-order valence-electron chi connectivity index (χ3n) is 4.86. The number of nitrogens with zero attached hydrogens (tertiary/aromatic N) is 2. The quantitative estimate of drug-likeness (QED) is 0.520. The van der Waals surface area contributed by atoms with Crippen LogP contribution in [0, 0.1) is 11.8 Å². The molecule has 0 radical (unpaired) electrons. The number of piperidine rings is 1. The van der Waals surface area contributed by atoms with E-state index in [0.29, 0.717) is 17.7 Å². The van der Waals surface area contributed by atoms with Crippen LogP contribution in [0.2, 0.25) is 0 Å². The highest BCUT2D eigenvalue weighted by atomic mass is 32.3. The minimum absolute atomic E-state index is 0.154. The molecule has 1 amide bonds. The molecule has 0 aromatic carbocycles. The van der Waals surface area contributed by atoms with Gasteiger partial charge in [-0.25, -0.2) is 8.42 Å². The molecule has 158 valence electrons. The van der Waals surface area contributed by atoms with E-state index in [0.717, 1.165) is 19.3 Å². The number of likely N-dealkylation sites (tertiary alicyclic amines) is 1. The largest absolute Gasteiger partial charge is 0.514 e. The topological polar surface area (TPSA) is 112 Å². The third kappa shape index (κ3) is 3.78. The maximum absolute atomic E-state index is 14.2. The molecular weight excluding hydrogens is 427 g/mol. The van der Waals surface area contributed by atoms with E-state index in [-0.39, 0.29) is 24.9 Å². The SMILES string of the molecule is O=C(N1CCC2CCCCC2C1)C(F)(F)S(=O)(=O)N(O)S(=O)(=O)C(F)(F)F. The first-order valence-electron chi connectivity index (χ1n) is 7.86. The predicted octanol–water partition coefficient (Wildman–Crippen LogP) is 1.49. The molecule has 1 aliphatic heterocycles. The zero-order valence-corrected chi connectivity index (χ0v) is 15.3. The molecule has 1 aliphatic carbocycles. The Morgan fingerprint density at radius 3 is 1.96 bits per heavy atom. The van der Waals surface area contributed by atoms with Crippen molar-refractivity contribution in [2.75, 3.05) is 13.1 Å². The van der Waals surface area contributed by atoms with Crippen LogP contribution >= 0.6 is 0 Å². The van der Waals surface area contributed by atoms with Crippen molar-refractivity contribution >= 4 is 26.0 Å². The van der Waals surface area contributed by atoms with Crippen molar-refractivity contribution < 1.29 is 48.8 Å². The molecule has 1 N–H and O–H groups in total. The van der Waals surface area contributed by atoms with Crippen LogP contribution in [0.25, 0.3) is 0 Å². The standard InChI is InChI=1S/C12H17F5N2O6S2/c13-11(14,26(22,23)19(21)27(24,25)12(15,16)17)10(20)18-6-5-8-3-1-2-4-9(8)7-18/h8-9,21H,1-7H2. The average molecular weight is 444 g/mol. The Hall–Kier alpha value is -1.06. The molecule has 2 aliphatic rings. The highest BCUT2D eigenvalue weighted by Crippen LogP contribution is 2.39. The van der Waals surface area contributed by atoms with E-state index in [2.05, 4.69) is 0 Å². The van der Waals surface area contributed by atoms with E-state index in [1.807, 2.05) is 0 Å². The number of halogens is 5. The zero-order valence-electron chi connectivity index (χ0n) is 13.7. The number of amides is 1.